The van der Waals surface area contributed by atoms with Crippen LogP contribution in [0.1, 0.15) is 19.4 Å². The maximum atomic E-state index is 12.5. The van der Waals surface area contributed by atoms with Crippen LogP contribution in [0, 0.1) is 0 Å². The third-order valence-corrected chi connectivity index (χ3v) is 5.24. The van der Waals surface area contributed by atoms with Gasteiger partial charge in [0, 0.05) is 13.6 Å². The van der Waals surface area contributed by atoms with E-state index in [1.54, 1.807) is 7.05 Å². The number of H-pyrrole nitrogens is 1. The number of rotatable bonds is 9. The number of aromatic amines is 1. The molecular weight excluding hydrogens is 356 g/mol. The van der Waals surface area contributed by atoms with E-state index in [0.717, 1.165) is 32.6 Å². The summed E-state index contributed by atoms with van der Waals surface area (Å²) in [6.45, 7) is 8.78. The van der Waals surface area contributed by atoms with E-state index in [9.17, 15) is 9.59 Å². The number of likely N-dealkylation sites (N-methyl/N-ethyl adjacent to an activating group) is 1. The van der Waals surface area contributed by atoms with Crippen molar-refractivity contribution in [2.75, 3.05) is 31.5 Å². The number of nitrogens with one attached hydrogen (secondary N) is 3. The van der Waals surface area contributed by atoms with Gasteiger partial charge >= 0.3 is 5.69 Å². The standard InChI is InChI=1S/C20H28N6O2/c1-4-25(5-2)14-12-21-19-22-17-16(18(27)23-20(28)24(17)3)26(19)13-11-15-9-7-6-8-10-15/h6-10H,4-5,11-14H2,1-3H3,(H,21,22)(H,23,27,28)/p+1. The predicted molar refractivity (Wildman–Crippen MR) is 111 cm³/mol. The quantitative estimate of drug-likeness (QED) is 0.484. The number of quaternary nitrogens is 1. The molecule has 2 heterocycles. The fourth-order valence-corrected chi connectivity index (χ4v) is 3.43. The smallest absolute Gasteiger partial charge is 0.329 e. The van der Waals surface area contributed by atoms with Crippen LogP contribution in [0.15, 0.2) is 39.9 Å². The molecule has 0 radical (unpaired) electrons. The van der Waals surface area contributed by atoms with Gasteiger partial charge in [0.25, 0.3) is 5.56 Å². The number of anilines is 1. The summed E-state index contributed by atoms with van der Waals surface area (Å²) in [6, 6.07) is 10.1. The Labute approximate surface area is 163 Å². The first-order chi connectivity index (χ1) is 13.5. The molecule has 0 fully saturated rings. The summed E-state index contributed by atoms with van der Waals surface area (Å²) >= 11 is 0. The van der Waals surface area contributed by atoms with Crippen LogP contribution in [-0.2, 0) is 20.0 Å². The number of hydrogen-bond acceptors (Lipinski definition) is 4. The van der Waals surface area contributed by atoms with E-state index < -0.39 is 11.2 Å². The number of hydrogen-bond donors (Lipinski definition) is 3. The summed E-state index contributed by atoms with van der Waals surface area (Å²) in [5.41, 5.74) is 1.16. The minimum atomic E-state index is -0.454. The van der Waals surface area contributed by atoms with E-state index in [-0.39, 0.29) is 0 Å². The van der Waals surface area contributed by atoms with E-state index in [4.69, 9.17) is 0 Å². The molecule has 0 bridgehead atoms. The fraction of sp³-hybridized carbons (Fsp3) is 0.450. The molecule has 28 heavy (non-hydrogen) atoms. The van der Waals surface area contributed by atoms with Crippen molar-refractivity contribution in [3.8, 4) is 0 Å². The van der Waals surface area contributed by atoms with Gasteiger partial charge in [-0.15, -0.1) is 0 Å². The van der Waals surface area contributed by atoms with E-state index in [1.807, 2.05) is 22.8 Å². The molecule has 0 aliphatic carbocycles. The van der Waals surface area contributed by atoms with Crippen LogP contribution in [0.2, 0.25) is 0 Å². The Kier molecular flexibility index (Phi) is 6.30. The Hall–Kier alpha value is -2.87. The molecule has 0 aliphatic rings. The average Bonchev–Trinajstić information content (AvgIpc) is 3.08. The molecule has 0 amide bonds. The van der Waals surface area contributed by atoms with Gasteiger partial charge < -0.3 is 14.8 Å². The molecule has 2 aromatic heterocycles. The Morgan fingerprint density at radius 2 is 1.86 bits per heavy atom. The third kappa shape index (κ3) is 4.17. The van der Waals surface area contributed by atoms with Crippen molar-refractivity contribution in [1.29, 1.82) is 0 Å². The van der Waals surface area contributed by atoms with Crippen molar-refractivity contribution in [3.05, 3.63) is 56.7 Å². The molecule has 1 aromatic carbocycles. The van der Waals surface area contributed by atoms with Crippen molar-refractivity contribution < 1.29 is 4.90 Å². The highest BCUT2D eigenvalue weighted by atomic mass is 16.2. The maximum Gasteiger partial charge on any atom is 0.329 e. The van der Waals surface area contributed by atoms with Crippen LogP contribution in [0.5, 0.6) is 0 Å². The van der Waals surface area contributed by atoms with Crippen molar-refractivity contribution in [2.45, 2.75) is 26.8 Å². The first kappa shape index (κ1) is 19.9. The third-order valence-electron chi connectivity index (χ3n) is 5.24. The summed E-state index contributed by atoms with van der Waals surface area (Å²) < 4.78 is 3.27. The number of aromatic nitrogens is 4. The molecule has 0 aliphatic heterocycles. The maximum absolute atomic E-state index is 12.5. The van der Waals surface area contributed by atoms with Crippen molar-refractivity contribution in [2.24, 2.45) is 7.05 Å². The molecular formula is C20H29N6O2+. The summed E-state index contributed by atoms with van der Waals surface area (Å²) in [4.78, 5) is 32.9. The Balaban J connectivity index is 1.93. The topological polar surface area (TPSA) is 89.2 Å². The largest absolute Gasteiger partial charge is 0.350 e. The van der Waals surface area contributed by atoms with Crippen LogP contribution < -0.4 is 21.5 Å². The summed E-state index contributed by atoms with van der Waals surface area (Å²) in [5.74, 6) is 0.629. The number of benzene rings is 1. The summed E-state index contributed by atoms with van der Waals surface area (Å²) in [6.07, 6.45) is 0.768. The highest BCUT2D eigenvalue weighted by Crippen LogP contribution is 2.16. The van der Waals surface area contributed by atoms with Gasteiger partial charge in [0.2, 0.25) is 5.95 Å². The fourth-order valence-electron chi connectivity index (χ4n) is 3.43. The highest BCUT2D eigenvalue weighted by Gasteiger charge is 2.17. The summed E-state index contributed by atoms with van der Waals surface area (Å²) in [7, 11) is 1.62. The molecule has 8 heteroatoms. The van der Waals surface area contributed by atoms with Crippen LogP contribution in [0.4, 0.5) is 5.95 Å². The van der Waals surface area contributed by atoms with Gasteiger partial charge in [0.05, 0.1) is 26.2 Å². The molecule has 150 valence electrons. The SMILES string of the molecule is CC[NH+](CC)CCNc1nc2c(c(=O)[nH]c(=O)n2C)n1CCc1ccccc1. The zero-order chi connectivity index (χ0) is 20.1. The lowest BCUT2D eigenvalue weighted by Gasteiger charge is -2.16. The second-order valence-corrected chi connectivity index (χ2v) is 6.95. The van der Waals surface area contributed by atoms with Crippen LogP contribution in [0.25, 0.3) is 11.2 Å². The number of fused-ring (bicyclic) bond motifs is 1. The van der Waals surface area contributed by atoms with Crippen molar-refractivity contribution in [3.63, 3.8) is 0 Å². The second-order valence-electron chi connectivity index (χ2n) is 6.95. The minimum absolute atomic E-state index is 0.402. The minimum Gasteiger partial charge on any atom is -0.350 e. The predicted octanol–water partition coefficient (Wildman–Crippen LogP) is 0.00260. The first-order valence-corrected chi connectivity index (χ1v) is 9.86. The normalized spacial score (nSPS) is 11.4. The molecule has 0 spiro atoms. The average molecular weight is 385 g/mol. The number of nitrogens with zero attached hydrogens (tertiary/aromatic N) is 3. The Bertz CT molecular complexity index is 1030. The van der Waals surface area contributed by atoms with Gasteiger partial charge in [-0.2, -0.15) is 4.98 Å². The van der Waals surface area contributed by atoms with E-state index >= 15 is 0 Å². The van der Waals surface area contributed by atoms with Crippen LogP contribution in [-0.4, -0.2) is 45.3 Å². The monoisotopic (exact) mass is 385 g/mol. The van der Waals surface area contributed by atoms with Crippen molar-refractivity contribution >= 4 is 17.1 Å². The first-order valence-electron chi connectivity index (χ1n) is 9.86. The molecule has 0 saturated carbocycles. The lowest BCUT2D eigenvalue weighted by molar-refractivity contribution is -0.894. The number of aryl methyl sites for hydroxylation is 3. The molecule has 0 atom stereocenters. The molecule has 0 saturated heterocycles. The van der Waals surface area contributed by atoms with Gasteiger partial charge in [-0.05, 0) is 25.8 Å². The number of imidazole rings is 1. The zero-order valence-corrected chi connectivity index (χ0v) is 16.8. The highest BCUT2D eigenvalue weighted by molar-refractivity contribution is 5.74. The van der Waals surface area contributed by atoms with E-state index in [0.29, 0.717) is 23.7 Å². The molecule has 3 N–H and O–H groups in total. The molecule has 0 unspecified atom stereocenters. The van der Waals surface area contributed by atoms with Gasteiger partial charge in [-0.1, -0.05) is 30.3 Å². The van der Waals surface area contributed by atoms with Gasteiger partial charge in [-0.25, -0.2) is 4.79 Å². The lowest BCUT2D eigenvalue weighted by Crippen LogP contribution is -3.12. The molecule has 8 nitrogen and oxygen atoms in total. The van der Waals surface area contributed by atoms with Crippen LogP contribution >= 0.6 is 0 Å². The van der Waals surface area contributed by atoms with Gasteiger partial charge in [0.15, 0.2) is 11.2 Å². The Morgan fingerprint density at radius 3 is 2.54 bits per heavy atom. The molecule has 3 rings (SSSR count). The van der Waals surface area contributed by atoms with Crippen molar-refractivity contribution in [1.82, 2.24) is 19.1 Å². The van der Waals surface area contributed by atoms with Gasteiger partial charge in [-0.3, -0.25) is 14.3 Å². The van der Waals surface area contributed by atoms with Gasteiger partial charge in [0.1, 0.15) is 0 Å². The Morgan fingerprint density at radius 1 is 1.14 bits per heavy atom. The summed E-state index contributed by atoms with van der Waals surface area (Å²) in [5, 5.41) is 3.37. The van der Waals surface area contributed by atoms with E-state index in [1.165, 1.54) is 15.0 Å². The second kappa shape index (κ2) is 8.88. The van der Waals surface area contributed by atoms with Crippen LogP contribution in [0.3, 0.4) is 0 Å². The molecule has 3 aromatic rings. The van der Waals surface area contributed by atoms with E-state index in [2.05, 4.69) is 41.3 Å². The zero-order valence-electron chi connectivity index (χ0n) is 16.8. The lowest BCUT2D eigenvalue weighted by atomic mass is 10.1.